The number of carbonyl (C=O) groups excluding carboxylic acids is 2. The van der Waals surface area contributed by atoms with E-state index >= 15 is 0 Å². The van der Waals surface area contributed by atoms with Crippen LogP contribution in [0.15, 0.2) is 72.8 Å². The molecule has 0 saturated carbocycles. The molecule has 0 radical (unpaired) electrons. The molecular weight excluding hydrogens is 475 g/mol. The second-order valence-corrected chi connectivity index (χ2v) is 9.44. The van der Waals surface area contributed by atoms with Crippen LogP contribution >= 0.6 is 0 Å². The Bertz CT molecular complexity index is 1240. The number of rotatable bonds is 11. The summed E-state index contributed by atoms with van der Waals surface area (Å²) in [7, 11) is 1.59. The molecule has 3 rings (SSSR count). The number of halogens is 1. The van der Waals surface area contributed by atoms with Crippen molar-refractivity contribution in [1.29, 1.82) is 0 Å². The monoisotopic (exact) mass is 506 g/mol. The zero-order valence-electron chi connectivity index (χ0n) is 21.1. The van der Waals surface area contributed by atoms with E-state index in [1.54, 1.807) is 43.5 Å². The van der Waals surface area contributed by atoms with Crippen LogP contribution in [0.25, 0.3) is 11.1 Å². The standard InChI is InChI=1S/C29H31FN2O5/c1-29(2,18-19-7-13-23(30)14-8-19)32-28(36)25(15-16-26(33)34)31-27(35)21-11-9-20(10-12-21)22-5-4-6-24(17-22)37-3/h4-14,17,25H,15-16,18H2,1-3H3,(H,31,35)(H,32,36)(H,33,34)/t25-/m0/s1. The SMILES string of the molecule is COc1cccc(-c2ccc(C(=O)N[C@@H](CCC(=O)O)C(=O)NC(C)(C)Cc3ccc(F)cc3)cc2)c1. The zero-order valence-corrected chi connectivity index (χ0v) is 21.1. The summed E-state index contributed by atoms with van der Waals surface area (Å²) in [5.41, 5.74) is 2.25. The van der Waals surface area contributed by atoms with Crippen molar-refractivity contribution in [2.75, 3.05) is 7.11 Å². The third-order valence-corrected chi connectivity index (χ3v) is 5.84. The molecule has 3 aromatic carbocycles. The van der Waals surface area contributed by atoms with Crippen molar-refractivity contribution in [2.24, 2.45) is 0 Å². The molecule has 0 aliphatic carbocycles. The van der Waals surface area contributed by atoms with Crippen LogP contribution in [0.3, 0.4) is 0 Å². The highest BCUT2D eigenvalue weighted by Crippen LogP contribution is 2.24. The van der Waals surface area contributed by atoms with Gasteiger partial charge in [-0.15, -0.1) is 0 Å². The van der Waals surface area contributed by atoms with Crippen LogP contribution in [0.2, 0.25) is 0 Å². The van der Waals surface area contributed by atoms with Crippen molar-refractivity contribution in [1.82, 2.24) is 10.6 Å². The van der Waals surface area contributed by atoms with Crippen LogP contribution in [0.4, 0.5) is 4.39 Å². The molecule has 8 heteroatoms. The molecule has 2 amide bonds. The highest BCUT2D eigenvalue weighted by atomic mass is 19.1. The van der Waals surface area contributed by atoms with E-state index in [9.17, 15) is 18.8 Å². The predicted molar refractivity (Wildman–Crippen MR) is 139 cm³/mol. The second kappa shape index (κ2) is 12.2. The number of hydrogen-bond donors (Lipinski definition) is 3. The van der Waals surface area contributed by atoms with E-state index in [0.717, 1.165) is 16.7 Å². The predicted octanol–water partition coefficient (Wildman–Crippen LogP) is 4.60. The lowest BCUT2D eigenvalue weighted by Gasteiger charge is -2.29. The average molecular weight is 507 g/mol. The first-order valence-corrected chi connectivity index (χ1v) is 11.9. The number of benzene rings is 3. The van der Waals surface area contributed by atoms with Gasteiger partial charge in [0.15, 0.2) is 0 Å². The summed E-state index contributed by atoms with van der Waals surface area (Å²) in [5.74, 6) is -1.68. The van der Waals surface area contributed by atoms with Crippen molar-refractivity contribution in [2.45, 2.75) is 44.7 Å². The van der Waals surface area contributed by atoms with E-state index in [-0.39, 0.29) is 18.7 Å². The molecule has 0 unspecified atom stereocenters. The molecule has 0 aliphatic heterocycles. The van der Waals surface area contributed by atoms with Crippen molar-refractivity contribution in [3.05, 3.63) is 89.7 Å². The molecule has 0 fully saturated rings. The maximum Gasteiger partial charge on any atom is 0.303 e. The Morgan fingerprint density at radius 1 is 0.973 bits per heavy atom. The number of carboxylic acids is 1. The summed E-state index contributed by atoms with van der Waals surface area (Å²) < 4.78 is 18.5. The lowest BCUT2D eigenvalue weighted by molar-refractivity contribution is -0.137. The topological polar surface area (TPSA) is 105 Å². The summed E-state index contributed by atoms with van der Waals surface area (Å²) >= 11 is 0. The van der Waals surface area contributed by atoms with E-state index in [1.165, 1.54) is 12.1 Å². The summed E-state index contributed by atoms with van der Waals surface area (Å²) in [4.78, 5) is 37.2. The molecule has 3 aromatic rings. The minimum absolute atomic E-state index is 0.0680. The third-order valence-electron chi connectivity index (χ3n) is 5.84. The van der Waals surface area contributed by atoms with Gasteiger partial charge < -0.3 is 20.5 Å². The quantitative estimate of drug-likeness (QED) is 0.353. The summed E-state index contributed by atoms with van der Waals surface area (Å²) in [5, 5.41) is 14.7. The molecule has 0 saturated heterocycles. The van der Waals surface area contributed by atoms with Crippen LogP contribution in [-0.4, -0.2) is 41.6 Å². The zero-order chi connectivity index (χ0) is 27.0. The molecule has 194 valence electrons. The van der Waals surface area contributed by atoms with Crippen molar-refractivity contribution >= 4 is 17.8 Å². The number of aliphatic carboxylic acids is 1. The van der Waals surface area contributed by atoms with Gasteiger partial charge in [-0.25, -0.2) is 4.39 Å². The summed E-state index contributed by atoms with van der Waals surface area (Å²) in [6.07, 6.45) is 0.0668. The normalized spacial score (nSPS) is 11.9. The fourth-order valence-corrected chi connectivity index (χ4v) is 3.97. The van der Waals surface area contributed by atoms with Gasteiger partial charge in [-0.05, 0) is 79.8 Å². The smallest absolute Gasteiger partial charge is 0.303 e. The molecular formula is C29H31FN2O5. The number of carboxylic acid groups (broad SMARTS) is 1. The molecule has 0 heterocycles. The first kappa shape index (κ1) is 27.4. The van der Waals surface area contributed by atoms with E-state index < -0.39 is 29.4 Å². The van der Waals surface area contributed by atoms with Crippen LogP contribution < -0.4 is 15.4 Å². The van der Waals surface area contributed by atoms with Gasteiger partial charge in [0, 0.05) is 17.5 Å². The van der Waals surface area contributed by atoms with E-state index in [2.05, 4.69) is 10.6 Å². The lowest BCUT2D eigenvalue weighted by Crippen LogP contribution is -2.54. The highest BCUT2D eigenvalue weighted by molar-refractivity contribution is 5.98. The largest absolute Gasteiger partial charge is 0.497 e. The molecule has 0 aromatic heterocycles. The summed E-state index contributed by atoms with van der Waals surface area (Å²) in [6, 6.07) is 19.3. The first-order valence-electron chi connectivity index (χ1n) is 11.9. The minimum Gasteiger partial charge on any atom is -0.497 e. The van der Waals surface area contributed by atoms with Crippen molar-refractivity contribution in [3.63, 3.8) is 0 Å². The minimum atomic E-state index is -1.07. The maximum atomic E-state index is 13.2. The number of amides is 2. The Morgan fingerprint density at radius 3 is 2.27 bits per heavy atom. The second-order valence-electron chi connectivity index (χ2n) is 9.44. The molecule has 3 N–H and O–H groups in total. The molecule has 1 atom stereocenters. The Hall–Kier alpha value is -4.20. The third kappa shape index (κ3) is 8.17. The summed E-state index contributed by atoms with van der Waals surface area (Å²) in [6.45, 7) is 3.61. The Labute approximate surface area is 215 Å². The van der Waals surface area contributed by atoms with Gasteiger partial charge >= 0.3 is 5.97 Å². The van der Waals surface area contributed by atoms with Gasteiger partial charge in [-0.1, -0.05) is 36.4 Å². The number of hydrogen-bond acceptors (Lipinski definition) is 4. The van der Waals surface area contributed by atoms with Crippen LogP contribution in [0, 0.1) is 5.82 Å². The number of nitrogens with one attached hydrogen (secondary N) is 2. The number of carbonyl (C=O) groups is 3. The van der Waals surface area contributed by atoms with E-state index in [1.807, 2.05) is 38.1 Å². The fourth-order valence-electron chi connectivity index (χ4n) is 3.97. The molecule has 0 bridgehead atoms. The van der Waals surface area contributed by atoms with Gasteiger partial charge in [0.2, 0.25) is 5.91 Å². The van der Waals surface area contributed by atoms with Gasteiger partial charge in [0.25, 0.3) is 5.91 Å². The van der Waals surface area contributed by atoms with Gasteiger partial charge in [-0.2, -0.15) is 0 Å². The Balaban J connectivity index is 1.70. The van der Waals surface area contributed by atoms with Gasteiger partial charge in [0.1, 0.15) is 17.6 Å². The Kier molecular flexibility index (Phi) is 9.00. The number of ether oxygens (including phenoxy) is 1. The molecule has 7 nitrogen and oxygen atoms in total. The van der Waals surface area contributed by atoms with Crippen LogP contribution in [-0.2, 0) is 16.0 Å². The molecule has 37 heavy (non-hydrogen) atoms. The van der Waals surface area contributed by atoms with Gasteiger partial charge in [-0.3, -0.25) is 14.4 Å². The first-order chi connectivity index (χ1) is 17.6. The van der Waals surface area contributed by atoms with Gasteiger partial charge in [0.05, 0.1) is 7.11 Å². The molecule has 0 aliphatic rings. The van der Waals surface area contributed by atoms with Crippen molar-refractivity contribution < 1.29 is 28.6 Å². The van der Waals surface area contributed by atoms with Crippen LogP contribution in [0.5, 0.6) is 5.75 Å². The molecule has 0 spiro atoms. The van der Waals surface area contributed by atoms with E-state index in [4.69, 9.17) is 9.84 Å². The number of methoxy groups -OCH3 is 1. The van der Waals surface area contributed by atoms with E-state index in [0.29, 0.717) is 17.7 Å². The van der Waals surface area contributed by atoms with Crippen LogP contribution in [0.1, 0.15) is 42.6 Å². The fraction of sp³-hybridized carbons (Fsp3) is 0.276. The average Bonchev–Trinajstić information content (AvgIpc) is 2.87. The van der Waals surface area contributed by atoms with Crippen molar-refractivity contribution in [3.8, 4) is 16.9 Å². The lowest BCUT2D eigenvalue weighted by atomic mass is 9.94. The highest BCUT2D eigenvalue weighted by Gasteiger charge is 2.28. The Morgan fingerprint density at radius 2 is 1.65 bits per heavy atom. The maximum absolute atomic E-state index is 13.2.